The number of amides is 2. The summed E-state index contributed by atoms with van der Waals surface area (Å²) in [4.78, 5) is 34.2. The Morgan fingerprint density at radius 3 is 2.35 bits per heavy atom. The summed E-state index contributed by atoms with van der Waals surface area (Å²) in [5, 5.41) is 15.9. The van der Waals surface area contributed by atoms with Crippen LogP contribution in [0.4, 0.5) is 36.1 Å². The molecule has 3 aromatic rings. The molecule has 0 spiro atoms. The van der Waals surface area contributed by atoms with Crippen LogP contribution in [-0.4, -0.2) is 80.0 Å². The maximum atomic E-state index is 13.9. The van der Waals surface area contributed by atoms with Gasteiger partial charge in [-0.3, -0.25) is 9.59 Å². The number of carbonyl (C=O) groups is 2. The van der Waals surface area contributed by atoms with Gasteiger partial charge in [0.25, 0.3) is 11.8 Å². The monoisotopic (exact) mass is 637 g/mol. The molecule has 46 heavy (non-hydrogen) atoms. The molecule has 11 nitrogen and oxygen atoms in total. The van der Waals surface area contributed by atoms with E-state index >= 15 is 0 Å². The van der Waals surface area contributed by atoms with Crippen molar-refractivity contribution >= 4 is 46.7 Å². The molecule has 1 aliphatic heterocycles. The molecule has 0 aliphatic carbocycles. The molecule has 1 fully saturated rings. The van der Waals surface area contributed by atoms with E-state index in [-0.39, 0.29) is 11.3 Å². The lowest BCUT2D eigenvalue weighted by Gasteiger charge is -2.34. The van der Waals surface area contributed by atoms with Gasteiger partial charge in [-0.15, -0.1) is 0 Å². The summed E-state index contributed by atoms with van der Waals surface area (Å²) in [6, 6.07) is 10.1. The largest absolute Gasteiger partial charge is 0.416 e. The molecular weight excluding hydrogens is 599 g/mol. The number of rotatable bonds is 10. The summed E-state index contributed by atoms with van der Waals surface area (Å²) in [5.74, 6) is -0.344. The molecule has 4 N–H and O–H groups in total. The minimum absolute atomic E-state index is 0.107. The highest BCUT2D eigenvalue weighted by Crippen LogP contribution is 2.34. The minimum Gasteiger partial charge on any atom is -0.388 e. The van der Waals surface area contributed by atoms with E-state index in [4.69, 9.17) is 0 Å². The first-order chi connectivity index (χ1) is 21.8. The third kappa shape index (κ3) is 8.13. The molecule has 0 radical (unpaired) electrons. The summed E-state index contributed by atoms with van der Waals surface area (Å²) in [5.41, 5.74) is 1.71. The predicted molar refractivity (Wildman–Crippen MR) is 176 cm³/mol. The second kappa shape index (κ2) is 14.3. The number of hydrogen-bond donors (Lipinski definition) is 4. The van der Waals surface area contributed by atoms with Crippen LogP contribution < -0.4 is 26.2 Å². The van der Waals surface area contributed by atoms with Gasteiger partial charge in [0.05, 0.1) is 5.56 Å². The molecule has 2 heterocycles. The third-order valence-corrected chi connectivity index (χ3v) is 7.41. The Morgan fingerprint density at radius 2 is 1.72 bits per heavy atom. The van der Waals surface area contributed by atoms with Crippen LogP contribution in [0, 0.1) is 6.92 Å². The molecule has 2 aromatic carbocycles. The number of aromatic nitrogens is 2. The Bertz CT molecular complexity index is 1670. The van der Waals surface area contributed by atoms with Gasteiger partial charge in [0.15, 0.2) is 11.5 Å². The van der Waals surface area contributed by atoms with Crippen LogP contribution in [0.15, 0.2) is 65.8 Å². The van der Waals surface area contributed by atoms with Gasteiger partial charge in [-0.05, 0) is 56.8 Å². The first kappa shape index (κ1) is 33.8. The van der Waals surface area contributed by atoms with E-state index in [0.717, 1.165) is 17.7 Å². The summed E-state index contributed by atoms with van der Waals surface area (Å²) < 4.78 is 43.0. The van der Waals surface area contributed by atoms with Crippen molar-refractivity contribution in [3.05, 3.63) is 83.2 Å². The molecule has 1 aromatic heterocycles. The van der Waals surface area contributed by atoms with Crippen molar-refractivity contribution in [2.24, 2.45) is 4.99 Å². The van der Waals surface area contributed by atoms with E-state index < -0.39 is 23.6 Å². The standard InChI is InChI=1S/C32H38F3N9O2/c1-7-38-28(14-21(3)36-4)44-29(19-27(41-44)31(46)37-5)40-26-18-24(9-8-20(26)2)39-30(45)22-15-23(32(33,34)35)17-25(16-22)43-12-10-42(6)11-13-43/h7-9,14-19,36,40H,3,10-13H2,1-2,4-6H3,(H,37,46)(H,39,45)/b28-14+,38-7-. The zero-order chi connectivity index (χ0) is 33.6. The van der Waals surface area contributed by atoms with Gasteiger partial charge in [0.2, 0.25) is 0 Å². The predicted octanol–water partition coefficient (Wildman–Crippen LogP) is 4.94. The SMILES string of the molecule is C=C(/C=C(\N=C/C)n1nc(C(=O)NC)cc1Nc1cc(NC(=O)c2cc(N3CCN(C)CC3)cc(C(F)(F)F)c2)ccc1C)NC. The lowest BCUT2D eigenvalue weighted by Crippen LogP contribution is -2.44. The van der Waals surface area contributed by atoms with Gasteiger partial charge in [0.1, 0.15) is 5.82 Å². The Morgan fingerprint density at radius 1 is 1.00 bits per heavy atom. The van der Waals surface area contributed by atoms with E-state index in [9.17, 15) is 22.8 Å². The fourth-order valence-corrected chi connectivity index (χ4v) is 4.73. The maximum absolute atomic E-state index is 13.9. The topological polar surface area (TPSA) is 119 Å². The molecule has 4 rings (SSSR count). The van der Waals surface area contributed by atoms with E-state index in [2.05, 4.69) is 42.8 Å². The van der Waals surface area contributed by atoms with Crippen molar-refractivity contribution in [2.75, 3.05) is 62.9 Å². The Labute approximate surface area is 265 Å². The van der Waals surface area contributed by atoms with Gasteiger partial charge >= 0.3 is 6.18 Å². The van der Waals surface area contributed by atoms with Crippen molar-refractivity contribution in [1.29, 1.82) is 0 Å². The first-order valence-corrected chi connectivity index (χ1v) is 14.6. The number of alkyl halides is 3. The average Bonchev–Trinajstić information content (AvgIpc) is 3.45. The van der Waals surface area contributed by atoms with Crippen molar-refractivity contribution < 1.29 is 22.8 Å². The highest BCUT2D eigenvalue weighted by atomic mass is 19.4. The normalized spacial score (nSPS) is 14.3. The van der Waals surface area contributed by atoms with Crippen LogP contribution in [-0.2, 0) is 6.18 Å². The molecule has 1 saturated heterocycles. The molecule has 1 aliphatic rings. The van der Waals surface area contributed by atoms with Crippen molar-refractivity contribution in [2.45, 2.75) is 20.0 Å². The summed E-state index contributed by atoms with van der Waals surface area (Å²) in [6.45, 7) is 9.99. The number of piperazine rings is 1. The third-order valence-electron chi connectivity index (χ3n) is 7.41. The number of halogens is 3. The van der Waals surface area contributed by atoms with Crippen LogP contribution in [0.3, 0.4) is 0 Å². The summed E-state index contributed by atoms with van der Waals surface area (Å²) in [7, 11) is 5.16. The fourth-order valence-electron chi connectivity index (χ4n) is 4.73. The first-order valence-electron chi connectivity index (χ1n) is 14.6. The molecule has 2 amide bonds. The quantitative estimate of drug-likeness (QED) is 0.184. The van der Waals surface area contributed by atoms with Gasteiger partial charge in [0, 0.05) is 87.0 Å². The number of nitrogens with zero attached hydrogens (tertiary/aromatic N) is 5. The number of aliphatic imine (C=N–C) groups is 1. The van der Waals surface area contributed by atoms with E-state index in [1.54, 1.807) is 50.5 Å². The van der Waals surface area contributed by atoms with Crippen molar-refractivity contribution in [3.8, 4) is 0 Å². The second-order valence-electron chi connectivity index (χ2n) is 10.7. The molecule has 14 heteroatoms. The number of benzene rings is 2. The van der Waals surface area contributed by atoms with Crippen LogP contribution in [0.1, 0.15) is 38.9 Å². The molecule has 0 bridgehead atoms. The Balaban J connectivity index is 1.67. The number of nitrogens with one attached hydrogen (secondary N) is 4. The lowest BCUT2D eigenvalue weighted by molar-refractivity contribution is -0.137. The van der Waals surface area contributed by atoms with Crippen LogP contribution in [0.2, 0.25) is 0 Å². The molecular formula is C32H38F3N9O2. The zero-order valence-electron chi connectivity index (χ0n) is 26.4. The number of aryl methyl sites for hydroxylation is 1. The zero-order valence-corrected chi connectivity index (χ0v) is 26.4. The summed E-state index contributed by atoms with van der Waals surface area (Å²) >= 11 is 0. The number of carbonyl (C=O) groups excluding carboxylic acids is 2. The van der Waals surface area contributed by atoms with Gasteiger partial charge in [-0.25, -0.2) is 4.99 Å². The van der Waals surface area contributed by atoms with E-state index in [1.165, 1.54) is 17.8 Å². The lowest BCUT2D eigenvalue weighted by atomic mass is 10.1. The van der Waals surface area contributed by atoms with Crippen LogP contribution >= 0.6 is 0 Å². The number of hydrogen-bond acceptors (Lipinski definition) is 8. The van der Waals surface area contributed by atoms with Crippen molar-refractivity contribution in [1.82, 2.24) is 25.3 Å². The van der Waals surface area contributed by atoms with Crippen LogP contribution in [0.5, 0.6) is 0 Å². The second-order valence-corrected chi connectivity index (χ2v) is 10.7. The highest BCUT2D eigenvalue weighted by Gasteiger charge is 2.33. The minimum atomic E-state index is -4.62. The number of anilines is 4. The fraction of sp³-hybridized carbons (Fsp3) is 0.312. The molecule has 0 saturated carbocycles. The van der Waals surface area contributed by atoms with E-state index in [1.807, 2.05) is 18.9 Å². The molecule has 0 atom stereocenters. The van der Waals surface area contributed by atoms with Crippen LogP contribution in [0.25, 0.3) is 5.82 Å². The number of allylic oxidation sites excluding steroid dienone is 1. The van der Waals surface area contributed by atoms with Crippen molar-refractivity contribution in [3.63, 3.8) is 0 Å². The Kier molecular flexibility index (Phi) is 10.5. The molecule has 244 valence electrons. The Hall–Kier alpha value is -5.11. The van der Waals surface area contributed by atoms with Gasteiger partial charge < -0.3 is 31.1 Å². The van der Waals surface area contributed by atoms with Gasteiger partial charge in [-0.2, -0.15) is 23.0 Å². The average molecular weight is 638 g/mol. The van der Waals surface area contributed by atoms with Gasteiger partial charge in [-0.1, -0.05) is 12.6 Å². The number of likely N-dealkylation sites (N-methyl/N-ethyl adjacent to an activating group) is 2. The summed E-state index contributed by atoms with van der Waals surface area (Å²) in [6.07, 6.45) is -1.39. The molecule has 0 unspecified atom stereocenters. The highest BCUT2D eigenvalue weighted by molar-refractivity contribution is 6.05. The van der Waals surface area contributed by atoms with E-state index in [0.29, 0.717) is 60.6 Å². The smallest absolute Gasteiger partial charge is 0.388 e. The maximum Gasteiger partial charge on any atom is 0.416 e.